The number of aromatic nitrogens is 2. The number of hydrogen-bond acceptors (Lipinski definition) is 2. The summed E-state index contributed by atoms with van der Waals surface area (Å²) in [5.41, 5.74) is 1.36. The van der Waals surface area contributed by atoms with Crippen molar-refractivity contribution in [3.05, 3.63) is 18.0 Å². The van der Waals surface area contributed by atoms with Gasteiger partial charge < -0.3 is 5.32 Å². The molecule has 0 aliphatic carbocycles. The predicted molar refractivity (Wildman–Crippen MR) is 64.1 cm³/mol. The molecule has 1 atom stereocenters. The largest absolute Gasteiger partial charge is 0.317 e. The zero-order chi connectivity index (χ0) is 11.1. The molecule has 0 saturated carbocycles. The Hall–Kier alpha value is -0.830. The zero-order valence-electron chi connectivity index (χ0n) is 10.2. The fraction of sp³-hybridized carbons (Fsp3) is 0.750. The first-order chi connectivity index (χ1) is 7.27. The Balaban J connectivity index is 2.29. The molecule has 1 rings (SSSR count). The third kappa shape index (κ3) is 4.04. The molecule has 0 aromatic carbocycles. The van der Waals surface area contributed by atoms with Crippen molar-refractivity contribution in [3.63, 3.8) is 0 Å². The Morgan fingerprint density at radius 1 is 1.40 bits per heavy atom. The smallest absolute Gasteiger partial charge is 0.0524 e. The first-order valence-corrected chi connectivity index (χ1v) is 6.01. The van der Waals surface area contributed by atoms with Gasteiger partial charge in [-0.1, -0.05) is 13.8 Å². The van der Waals surface area contributed by atoms with Crippen molar-refractivity contribution in [2.24, 2.45) is 0 Å². The van der Waals surface area contributed by atoms with E-state index in [1.54, 1.807) is 0 Å². The third-order valence-corrected chi connectivity index (χ3v) is 2.73. The number of hydrogen-bond donors (Lipinski definition) is 1. The molecule has 1 heterocycles. The van der Waals surface area contributed by atoms with E-state index >= 15 is 0 Å². The van der Waals surface area contributed by atoms with E-state index in [9.17, 15) is 0 Å². The zero-order valence-corrected chi connectivity index (χ0v) is 10.2. The highest BCUT2D eigenvalue weighted by molar-refractivity contribution is 5.09. The van der Waals surface area contributed by atoms with Gasteiger partial charge in [-0.05, 0) is 44.3 Å². The summed E-state index contributed by atoms with van der Waals surface area (Å²) in [6, 6.07) is 0. The second-order valence-corrected chi connectivity index (χ2v) is 4.07. The quantitative estimate of drug-likeness (QED) is 0.699. The molecule has 0 amide bonds. The van der Waals surface area contributed by atoms with Gasteiger partial charge in [-0.3, -0.25) is 4.68 Å². The molecule has 0 radical (unpaired) electrons. The van der Waals surface area contributed by atoms with Crippen LogP contribution in [-0.4, -0.2) is 22.9 Å². The maximum Gasteiger partial charge on any atom is 0.0524 e. The highest BCUT2D eigenvalue weighted by Crippen LogP contribution is 2.17. The number of nitrogens with zero attached hydrogens (tertiary/aromatic N) is 2. The lowest BCUT2D eigenvalue weighted by Crippen LogP contribution is -2.17. The summed E-state index contributed by atoms with van der Waals surface area (Å²) in [6.07, 6.45) is 6.55. The molecule has 0 saturated heterocycles. The van der Waals surface area contributed by atoms with E-state index in [0.717, 1.165) is 19.6 Å². The minimum atomic E-state index is 0.606. The number of rotatable bonds is 7. The van der Waals surface area contributed by atoms with Crippen molar-refractivity contribution in [2.75, 3.05) is 13.1 Å². The molecule has 1 N–H and O–H groups in total. The van der Waals surface area contributed by atoms with Gasteiger partial charge in [0.15, 0.2) is 0 Å². The fourth-order valence-corrected chi connectivity index (χ4v) is 1.59. The van der Waals surface area contributed by atoms with Gasteiger partial charge in [-0.2, -0.15) is 5.10 Å². The minimum Gasteiger partial charge on any atom is -0.317 e. The molecule has 0 bridgehead atoms. The Kier molecular flexibility index (Phi) is 5.40. The van der Waals surface area contributed by atoms with Crippen LogP contribution in [0.3, 0.4) is 0 Å². The standard InChI is InChI=1S/C12H23N3/c1-4-7-13-8-6-11(3)12-9-14-15(5-2)10-12/h9-11,13H,4-8H2,1-3H3. The van der Waals surface area contributed by atoms with Crippen LogP contribution in [0.1, 0.15) is 45.1 Å². The normalized spacial score (nSPS) is 13.0. The van der Waals surface area contributed by atoms with E-state index in [1.807, 2.05) is 10.9 Å². The van der Waals surface area contributed by atoms with E-state index in [2.05, 4.69) is 37.4 Å². The molecule has 1 unspecified atom stereocenters. The first kappa shape index (κ1) is 12.2. The maximum atomic E-state index is 4.30. The van der Waals surface area contributed by atoms with Crippen LogP contribution >= 0.6 is 0 Å². The molecule has 0 aliphatic rings. The van der Waals surface area contributed by atoms with Crippen LogP contribution in [0.4, 0.5) is 0 Å². The van der Waals surface area contributed by atoms with Crippen LogP contribution in [0.25, 0.3) is 0 Å². The molecule has 0 fully saturated rings. The SMILES string of the molecule is CCCNCCC(C)c1cnn(CC)c1. The second kappa shape index (κ2) is 6.62. The van der Waals surface area contributed by atoms with Gasteiger partial charge in [0, 0.05) is 12.7 Å². The summed E-state index contributed by atoms with van der Waals surface area (Å²) in [6.45, 7) is 9.77. The molecule has 3 heteroatoms. The molecule has 3 nitrogen and oxygen atoms in total. The van der Waals surface area contributed by atoms with Crippen molar-refractivity contribution in [1.82, 2.24) is 15.1 Å². The summed E-state index contributed by atoms with van der Waals surface area (Å²) in [7, 11) is 0. The highest BCUT2D eigenvalue weighted by atomic mass is 15.3. The van der Waals surface area contributed by atoms with Crippen LogP contribution in [0.2, 0.25) is 0 Å². The number of aryl methyl sites for hydroxylation is 1. The Labute approximate surface area is 92.9 Å². The van der Waals surface area contributed by atoms with Crippen LogP contribution in [0.5, 0.6) is 0 Å². The summed E-state index contributed by atoms with van der Waals surface area (Å²) >= 11 is 0. The van der Waals surface area contributed by atoms with Crippen molar-refractivity contribution in [3.8, 4) is 0 Å². The Bertz CT molecular complexity index is 268. The lowest BCUT2D eigenvalue weighted by Gasteiger charge is -2.09. The van der Waals surface area contributed by atoms with Gasteiger partial charge in [0.2, 0.25) is 0 Å². The molecule has 86 valence electrons. The Morgan fingerprint density at radius 3 is 2.80 bits per heavy atom. The van der Waals surface area contributed by atoms with Gasteiger partial charge in [-0.25, -0.2) is 0 Å². The maximum absolute atomic E-state index is 4.30. The Morgan fingerprint density at radius 2 is 2.20 bits per heavy atom. The van der Waals surface area contributed by atoms with E-state index in [-0.39, 0.29) is 0 Å². The van der Waals surface area contributed by atoms with Gasteiger partial charge in [0.25, 0.3) is 0 Å². The molecule has 0 aliphatic heterocycles. The van der Waals surface area contributed by atoms with Crippen molar-refractivity contribution in [1.29, 1.82) is 0 Å². The average molecular weight is 209 g/mol. The fourth-order valence-electron chi connectivity index (χ4n) is 1.59. The first-order valence-electron chi connectivity index (χ1n) is 6.01. The molecule has 1 aromatic rings. The summed E-state index contributed by atoms with van der Waals surface area (Å²) in [5, 5.41) is 7.73. The van der Waals surface area contributed by atoms with Gasteiger partial charge in [0.1, 0.15) is 0 Å². The third-order valence-electron chi connectivity index (χ3n) is 2.73. The van der Waals surface area contributed by atoms with E-state index in [0.29, 0.717) is 5.92 Å². The lowest BCUT2D eigenvalue weighted by atomic mass is 10.0. The van der Waals surface area contributed by atoms with Crippen LogP contribution in [-0.2, 0) is 6.54 Å². The summed E-state index contributed by atoms with van der Waals surface area (Å²) in [5.74, 6) is 0.606. The molecular formula is C12H23N3. The average Bonchev–Trinajstić information content (AvgIpc) is 2.72. The van der Waals surface area contributed by atoms with Crippen molar-refractivity contribution >= 4 is 0 Å². The molecular weight excluding hydrogens is 186 g/mol. The highest BCUT2D eigenvalue weighted by Gasteiger charge is 2.06. The van der Waals surface area contributed by atoms with E-state index in [1.165, 1.54) is 18.4 Å². The second-order valence-electron chi connectivity index (χ2n) is 4.07. The van der Waals surface area contributed by atoms with Gasteiger partial charge in [0.05, 0.1) is 6.20 Å². The monoisotopic (exact) mass is 209 g/mol. The van der Waals surface area contributed by atoms with Gasteiger partial charge >= 0.3 is 0 Å². The van der Waals surface area contributed by atoms with Crippen LogP contribution in [0, 0.1) is 0 Å². The van der Waals surface area contributed by atoms with E-state index < -0.39 is 0 Å². The van der Waals surface area contributed by atoms with Crippen LogP contribution < -0.4 is 5.32 Å². The summed E-state index contributed by atoms with van der Waals surface area (Å²) in [4.78, 5) is 0. The van der Waals surface area contributed by atoms with Gasteiger partial charge in [-0.15, -0.1) is 0 Å². The van der Waals surface area contributed by atoms with Crippen LogP contribution in [0.15, 0.2) is 12.4 Å². The molecule has 0 spiro atoms. The number of nitrogens with one attached hydrogen (secondary N) is 1. The molecule has 15 heavy (non-hydrogen) atoms. The molecule has 1 aromatic heterocycles. The van der Waals surface area contributed by atoms with Crippen molar-refractivity contribution in [2.45, 2.75) is 46.1 Å². The topological polar surface area (TPSA) is 29.9 Å². The van der Waals surface area contributed by atoms with E-state index in [4.69, 9.17) is 0 Å². The lowest BCUT2D eigenvalue weighted by molar-refractivity contribution is 0.589. The summed E-state index contributed by atoms with van der Waals surface area (Å²) < 4.78 is 1.99. The predicted octanol–water partition coefficient (Wildman–Crippen LogP) is 2.40. The van der Waals surface area contributed by atoms with Crippen molar-refractivity contribution < 1.29 is 0 Å². The minimum absolute atomic E-state index is 0.606.